The zero-order chi connectivity index (χ0) is 14.7. The molecule has 1 atom stereocenters. The van der Waals surface area contributed by atoms with E-state index in [0.717, 1.165) is 23.4 Å². The fourth-order valence-electron chi connectivity index (χ4n) is 2.61. The molecule has 0 aliphatic carbocycles. The molecule has 0 spiro atoms. The van der Waals surface area contributed by atoms with E-state index in [2.05, 4.69) is 16.7 Å². The minimum Gasteiger partial charge on any atom is -0.496 e. The first-order chi connectivity index (χ1) is 10.3. The van der Waals surface area contributed by atoms with Crippen molar-refractivity contribution in [2.24, 2.45) is 0 Å². The lowest BCUT2D eigenvalue weighted by Crippen LogP contribution is -2.38. The molecular formula is C17H18N2O2. The molecule has 4 nitrogen and oxygen atoms in total. The Morgan fingerprint density at radius 3 is 2.81 bits per heavy atom. The summed E-state index contributed by atoms with van der Waals surface area (Å²) in [6.45, 7) is 0.470. The predicted molar refractivity (Wildman–Crippen MR) is 82.4 cm³/mol. The molecule has 108 valence electrons. The summed E-state index contributed by atoms with van der Waals surface area (Å²) in [6.07, 6.45) is 0.730. The van der Waals surface area contributed by atoms with Gasteiger partial charge in [-0.2, -0.15) is 0 Å². The van der Waals surface area contributed by atoms with Crippen molar-refractivity contribution in [2.45, 2.75) is 19.0 Å². The molecule has 1 unspecified atom stereocenters. The van der Waals surface area contributed by atoms with Gasteiger partial charge in [0, 0.05) is 24.2 Å². The minimum atomic E-state index is -0.197. The zero-order valence-electron chi connectivity index (χ0n) is 11.9. The van der Waals surface area contributed by atoms with E-state index in [1.807, 2.05) is 42.5 Å². The van der Waals surface area contributed by atoms with E-state index in [9.17, 15) is 4.79 Å². The summed E-state index contributed by atoms with van der Waals surface area (Å²) in [7, 11) is 1.63. The maximum Gasteiger partial charge on any atom is 0.243 e. The summed E-state index contributed by atoms with van der Waals surface area (Å²) in [5.74, 6) is 0.803. The van der Waals surface area contributed by atoms with Crippen LogP contribution in [0.25, 0.3) is 0 Å². The standard InChI is InChI=1S/C17H18N2O2/c1-21-16-9-5-3-7-13(16)11-18-17(20)15-10-12-6-2-4-8-14(12)19-15/h2-9,15,19H,10-11H2,1H3,(H,18,20). The third-order valence-corrected chi connectivity index (χ3v) is 3.73. The molecule has 0 radical (unpaired) electrons. The smallest absolute Gasteiger partial charge is 0.243 e. The summed E-state index contributed by atoms with van der Waals surface area (Å²) in [4.78, 5) is 12.3. The zero-order valence-corrected chi connectivity index (χ0v) is 11.9. The van der Waals surface area contributed by atoms with Crippen LogP contribution in [-0.2, 0) is 17.8 Å². The number of rotatable bonds is 4. The van der Waals surface area contributed by atoms with Gasteiger partial charge in [-0.25, -0.2) is 0 Å². The molecule has 0 saturated heterocycles. The number of para-hydroxylation sites is 2. The second kappa shape index (κ2) is 5.87. The van der Waals surface area contributed by atoms with Crippen molar-refractivity contribution >= 4 is 11.6 Å². The van der Waals surface area contributed by atoms with Gasteiger partial charge in [0.15, 0.2) is 0 Å². The van der Waals surface area contributed by atoms with Gasteiger partial charge in [0.25, 0.3) is 0 Å². The highest BCUT2D eigenvalue weighted by molar-refractivity contribution is 5.87. The Bertz CT molecular complexity index is 630. The van der Waals surface area contributed by atoms with E-state index in [0.29, 0.717) is 6.54 Å². The van der Waals surface area contributed by atoms with Crippen LogP contribution < -0.4 is 15.4 Å². The molecule has 2 N–H and O–H groups in total. The topological polar surface area (TPSA) is 50.4 Å². The van der Waals surface area contributed by atoms with Crippen molar-refractivity contribution < 1.29 is 9.53 Å². The Labute approximate surface area is 124 Å². The Morgan fingerprint density at radius 1 is 1.24 bits per heavy atom. The number of carbonyl (C=O) groups excluding carboxylic acids is 1. The molecule has 1 heterocycles. The van der Waals surface area contributed by atoms with Crippen molar-refractivity contribution in [2.75, 3.05) is 12.4 Å². The number of hydrogen-bond acceptors (Lipinski definition) is 3. The summed E-state index contributed by atoms with van der Waals surface area (Å²) < 4.78 is 5.29. The van der Waals surface area contributed by atoms with E-state index < -0.39 is 0 Å². The molecule has 2 aromatic carbocycles. The summed E-state index contributed by atoms with van der Waals surface area (Å²) >= 11 is 0. The van der Waals surface area contributed by atoms with Gasteiger partial charge in [0.1, 0.15) is 11.8 Å². The van der Waals surface area contributed by atoms with Crippen LogP contribution in [0.5, 0.6) is 5.75 Å². The molecule has 0 bridgehead atoms. The number of anilines is 1. The lowest BCUT2D eigenvalue weighted by Gasteiger charge is -2.13. The fourth-order valence-corrected chi connectivity index (χ4v) is 2.61. The second-order valence-corrected chi connectivity index (χ2v) is 5.09. The summed E-state index contributed by atoms with van der Waals surface area (Å²) in [5, 5.41) is 6.22. The Hall–Kier alpha value is -2.49. The quantitative estimate of drug-likeness (QED) is 0.905. The predicted octanol–water partition coefficient (Wildman–Crippen LogP) is 2.35. The third-order valence-electron chi connectivity index (χ3n) is 3.73. The highest BCUT2D eigenvalue weighted by Crippen LogP contribution is 2.25. The van der Waals surface area contributed by atoms with Gasteiger partial charge in [-0.15, -0.1) is 0 Å². The van der Waals surface area contributed by atoms with Crippen LogP contribution in [-0.4, -0.2) is 19.1 Å². The minimum absolute atomic E-state index is 0.0112. The van der Waals surface area contributed by atoms with Crippen LogP contribution in [0.2, 0.25) is 0 Å². The first kappa shape index (κ1) is 13.5. The van der Waals surface area contributed by atoms with Crippen LogP contribution in [0.3, 0.4) is 0 Å². The highest BCUT2D eigenvalue weighted by atomic mass is 16.5. The molecule has 4 heteroatoms. The summed E-state index contributed by atoms with van der Waals surface area (Å²) in [6, 6.07) is 15.5. The number of benzene rings is 2. The van der Waals surface area contributed by atoms with Gasteiger partial charge < -0.3 is 15.4 Å². The van der Waals surface area contributed by atoms with Gasteiger partial charge in [0.2, 0.25) is 5.91 Å². The molecule has 1 amide bonds. The van der Waals surface area contributed by atoms with E-state index in [4.69, 9.17) is 4.74 Å². The summed E-state index contributed by atoms with van der Waals surface area (Å²) in [5.41, 5.74) is 3.22. The molecular weight excluding hydrogens is 264 g/mol. The van der Waals surface area contributed by atoms with Crippen molar-refractivity contribution in [3.8, 4) is 5.75 Å². The number of fused-ring (bicyclic) bond motifs is 1. The van der Waals surface area contributed by atoms with Crippen LogP contribution in [0, 0.1) is 0 Å². The maximum absolute atomic E-state index is 12.3. The third kappa shape index (κ3) is 2.84. The SMILES string of the molecule is COc1ccccc1CNC(=O)C1Cc2ccccc2N1. The number of hydrogen-bond donors (Lipinski definition) is 2. The van der Waals surface area contributed by atoms with Gasteiger partial charge in [0.05, 0.1) is 7.11 Å². The number of amides is 1. The lowest BCUT2D eigenvalue weighted by molar-refractivity contribution is -0.121. The van der Waals surface area contributed by atoms with Gasteiger partial charge in [-0.1, -0.05) is 36.4 Å². The average Bonchev–Trinajstić information content (AvgIpc) is 2.97. The molecule has 21 heavy (non-hydrogen) atoms. The van der Waals surface area contributed by atoms with Gasteiger partial charge in [-0.3, -0.25) is 4.79 Å². The molecule has 1 aliphatic heterocycles. The molecule has 1 aliphatic rings. The van der Waals surface area contributed by atoms with Crippen molar-refractivity contribution in [1.82, 2.24) is 5.32 Å². The Balaban J connectivity index is 1.61. The first-order valence-corrected chi connectivity index (χ1v) is 7.02. The van der Waals surface area contributed by atoms with Crippen molar-refractivity contribution in [3.05, 3.63) is 59.7 Å². The van der Waals surface area contributed by atoms with E-state index >= 15 is 0 Å². The Kier molecular flexibility index (Phi) is 3.77. The highest BCUT2D eigenvalue weighted by Gasteiger charge is 2.26. The van der Waals surface area contributed by atoms with Crippen LogP contribution in [0.15, 0.2) is 48.5 Å². The van der Waals surface area contributed by atoms with Crippen LogP contribution >= 0.6 is 0 Å². The number of nitrogens with one attached hydrogen (secondary N) is 2. The largest absolute Gasteiger partial charge is 0.496 e. The molecule has 3 rings (SSSR count). The maximum atomic E-state index is 12.3. The average molecular weight is 282 g/mol. The lowest BCUT2D eigenvalue weighted by atomic mass is 10.1. The van der Waals surface area contributed by atoms with E-state index in [1.165, 1.54) is 5.56 Å². The molecule has 0 saturated carbocycles. The van der Waals surface area contributed by atoms with E-state index in [-0.39, 0.29) is 11.9 Å². The Morgan fingerprint density at radius 2 is 2.00 bits per heavy atom. The van der Waals surface area contributed by atoms with Gasteiger partial charge in [-0.05, 0) is 17.7 Å². The fraction of sp³-hybridized carbons (Fsp3) is 0.235. The van der Waals surface area contributed by atoms with Crippen LogP contribution in [0.4, 0.5) is 5.69 Å². The molecule has 0 fully saturated rings. The van der Waals surface area contributed by atoms with Crippen molar-refractivity contribution in [1.29, 1.82) is 0 Å². The molecule has 2 aromatic rings. The van der Waals surface area contributed by atoms with Crippen LogP contribution in [0.1, 0.15) is 11.1 Å². The molecule has 0 aromatic heterocycles. The number of methoxy groups -OCH3 is 1. The van der Waals surface area contributed by atoms with Gasteiger partial charge >= 0.3 is 0 Å². The number of ether oxygens (including phenoxy) is 1. The first-order valence-electron chi connectivity index (χ1n) is 7.02. The second-order valence-electron chi connectivity index (χ2n) is 5.09. The number of carbonyl (C=O) groups is 1. The monoisotopic (exact) mass is 282 g/mol. The normalized spacial score (nSPS) is 16.0. The van der Waals surface area contributed by atoms with Crippen molar-refractivity contribution in [3.63, 3.8) is 0 Å². The van der Waals surface area contributed by atoms with E-state index in [1.54, 1.807) is 7.11 Å².